The first-order chi connectivity index (χ1) is 7.33. The molecule has 15 heavy (non-hydrogen) atoms. The van der Waals surface area contributed by atoms with Crippen LogP contribution in [0.1, 0.15) is 12.2 Å². The fourth-order valence-corrected chi connectivity index (χ4v) is 2.00. The van der Waals surface area contributed by atoms with E-state index in [9.17, 15) is 0 Å². The molecule has 1 aliphatic rings. The van der Waals surface area contributed by atoms with Crippen LogP contribution in [0, 0.1) is 0 Å². The quantitative estimate of drug-likeness (QED) is 0.762. The van der Waals surface area contributed by atoms with Crippen LogP contribution in [0.4, 0.5) is 0 Å². The van der Waals surface area contributed by atoms with Crippen LogP contribution in [0.3, 0.4) is 0 Å². The summed E-state index contributed by atoms with van der Waals surface area (Å²) in [6.45, 7) is 0.963. The highest BCUT2D eigenvalue weighted by molar-refractivity contribution is 5.51. The molecule has 2 N–H and O–H groups in total. The first-order valence-electron chi connectivity index (χ1n) is 5.18. The van der Waals surface area contributed by atoms with Crippen molar-refractivity contribution in [3.8, 4) is 11.5 Å². The predicted molar refractivity (Wildman–Crippen MR) is 56.2 cm³/mol. The molecule has 3 heterocycles. The summed E-state index contributed by atoms with van der Waals surface area (Å²) < 4.78 is 7.48. The average Bonchev–Trinajstić information content (AvgIpc) is 2.84. The molecule has 0 bridgehead atoms. The number of rotatable bonds is 1. The Balaban J connectivity index is 2.00. The van der Waals surface area contributed by atoms with E-state index in [-0.39, 0.29) is 6.04 Å². The van der Waals surface area contributed by atoms with Crippen LogP contribution in [0.25, 0.3) is 11.5 Å². The zero-order valence-electron chi connectivity index (χ0n) is 8.39. The molecule has 4 nitrogen and oxygen atoms in total. The minimum atomic E-state index is 0.254. The minimum Gasteiger partial charge on any atom is -0.463 e. The third-order valence-corrected chi connectivity index (χ3v) is 2.82. The SMILES string of the molecule is NC1CCn2cc(-c3ccco3)nc2C1. The van der Waals surface area contributed by atoms with E-state index in [0.717, 1.165) is 36.7 Å². The van der Waals surface area contributed by atoms with Gasteiger partial charge in [0, 0.05) is 25.2 Å². The number of imidazole rings is 1. The summed E-state index contributed by atoms with van der Waals surface area (Å²) in [4.78, 5) is 4.53. The smallest absolute Gasteiger partial charge is 0.153 e. The van der Waals surface area contributed by atoms with Gasteiger partial charge in [-0.05, 0) is 18.6 Å². The van der Waals surface area contributed by atoms with E-state index in [0.29, 0.717) is 0 Å². The van der Waals surface area contributed by atoms with Gasteiger partial charge in [0.15, 0.2) is 5.76 Å². The largest absolute Gasteiger partial charge is 0.463 e. The number of fused-ring (bicyclic) bond motifs is 1. The van der Waals surface area contributed by atoms with Crippen molar-refractivity contribution in [3.05, 3.63) is 30.4 Å². The number of aromatic nitrogens is 2. The molecule has 0 radical (unpaired) electrons. The fraction of sp³-hybridized carbons (Fsp3) is 0.364. The van der Waals surface area contributed by atoms with Crippen LogP contribution < -0.4 is 5.73 Å². The molecule has 0 aromatic carbocycles. The Kier molecular flexibility index (Phi) is 1.89. The average molecular weight is 203 g/mol. The maximum Gasteiger partial charge on any atom is 0.153 e. The van der Waals surface area contributed by atoms with Gasteiger partial charge in [-0.25, -0.2) is 4.98 Å². The van der Waals surface area contributed by atoms with Gasteiger partial charge < -0.3 is 14.7 Å². The normalized spacial score (nSPS) is 20.2. The number of hydrogen-bond acceptors (Lipinski definition) is 3. The molecule has 1 atom stereocenters. The standard InChI is InChI=1S/C11H13N3O/c12-8-3-4-14-7-9(13-11(14)6-8)10-2-1-5-15-10/h1-2,5,7-8H,3-4,6,12H2. The summed E-state index contributed by atoms with van der Waals surface area (Å²) in [6, 6.07) is 4.05. The minimum absolute atomic E-state index is 0.254. The van der Waals surface area contributed by atoms with Crippen LogP contribution >= 0.6 is 0 Å². The van der Waals surface area contributed by atoms with Crippen molar-refractivity contribution < 1.29 is 4.42 Å². The molecule has 2 aromatic rings. The van der Waals surface area contributed by atoms with Gasteiger partial charge in [0.2, 0.25) is 0 Å². The number of nitrogens with zero attached hydrogens (tertiary/aromatic N) is 2. The van der Waals surface area contributed by atoms with Crippen molar-refractivity contribution in [2.75, 3.05) is 0 Å². The zero-order chi connectivity index (χ0) is 10.3. The van der Waals surface area contributed by atoms with Gasteiger partial charge >= 0.3 is 0 Å². The van der Waals surface area contributed by atoms with Crippen LogP contribution in [0.15, 0.2) is 29.0 Å². The molecule has 0 saturated heterocycles. The summed E-state index contributed by atoms with van der Waals surface area (Å²) in [7, 11) is 0. The molecule has 3 rings (SSSR count). The lowest BCUT2D eigenvalue weighted by Crippen LogP contribution is -2.30. The van der Waals surface area contributed by atoms with E-state index in [4.69, 9.17) is 10.2 Å². The summed E-state index contributed by atoms with van der Waals surface area (Å²) >= 11 is 0. The molecule has 0 amide bonds. The molecule has 78 valence electrons. The molecular weight excluding hydrogens is 190 g/mol. The second-order valence-corrected chi connectivity index (χ2v) is 3.97. The molecular formula is C11H13N3O. The van der Waals surface area contributed by atoms with E-state index >= 15 is 0 Å². The molecule has 4 heteroatoms. The van der Waals surface area contributed by atoms with Crippen LogP contribution in [0.2, 0.25) is 0 Å². The topological polar surface area (TPSA) is 57.0 Å². The van der Waals surface area contributed by atoms with Gasteiger partial charge in [0.1, 0.15) is 11.5 Å². The maximum atomic E-state index is 5.90. The monoisotopic (exact) mass is 203 g/mol. The van der Waals surface area contributed by atoms with E-state index in [1.54, 1.807) is 6.26 Å². The lowest BCUT2D eigenvalue weighted by Gasteiger charge is -2.18. The zero-order valence-corrected chi connectivity index (χ0v) is 8.39. The Morgan fingerprint density at radius 1 is 1.53 bits per heavy atom. The van der Waals surface area contributed by atoms with Crippen molar-refractivity contribution >= 4 is 0 Å². The summed E-state index contributed by atoms with van der Waals surface area (Å²) in [5, 5.41) is 0. The molecule has 0 spiro atoms. The van der Waals surface area contributed by atoms with Gasteiger partial charge in [-0.3, -0.25) is 0 Å². The third-order valence-electron chi connectivity index (χ3n) is 2.82. The Labute approximate surface area is 87.7 Å². The molecule has 1 aliphatic heterocycles. The highest BCUT2D eigenvalue weighted by Gasteiger charge is 2.18. The number of aryl methyl sites for hydroxylation is 1. The Morgan fingerprint density at radius 2 is 2.47 bits per heavy atom. The molecule has 0 fully saturated rings. The lowest BCUT2D eigenvalue weighted by atomic mass is 10.1. The third kappa shape index (κ3) is 1.47. The van der Waals surface area contributed by atoms with E-state index < -0.39 is 0 Å². The summed E-state index contributed by atoms with van der Waals surface area (Å²) in [6.07, 6.45) is 5.60. The Morgan fingerprint density at radius 3 is 3.27 bits per heavy atom. The maximum absolute atomic E-state index is 5.90. The second kappa shape index (κ2) is 3.24. The van der Waals surface area contributed by atoms with E-state index in [1.165, 1.54) is 0 Å². The van der Waals surface area contributed by atoms with Gasteiger partial charge in [-0.15, -0.1) is 0 Å². The number of hydrogen-bond donors (Lipinski definition) is 1. The highest BCUT2D eigenvalue weighted by Crippen LogP contribution is 2.22. The Bertz CT molecular complexity index is 458. The molecule has 2 aromatic heterocycles. The molecule has 0 aliphatic carbocycles. The highest BCUT2D eigenvalue weighted by atomic mass is 16.3. The van der Waals surface area contributed by atoms with Crippen LogP contribution in [-0.2, 0) is 13.0 Å². The van der Waals surface area contributed by atoms with Crippen molar-refractivity contribution in [3.63, 3.8) is 0 Å². The number of furan rings is 1. The first kappa shape index (κ1) is 8.73. The van der Waals surface area contributed by atoms with Gasteiger partial charge in [0.25, 0.3) is 0 Å². The van der Waals surface area contributed by atoms with Crippen LogP contribution in [0.5, 0.6) is 0 Å². The number of nitrogens with two attached hydrogens (primary N) is 1. The van der Waals surface area contributed by atoms with Gasteiger partial charge in [-0.1, -0.05) is 0 Å². The van der Waals surface area contributed by atoms with E-state index in [1.807, 2.05) is 18.3 Å². The Hall–Kier alpha value is -1.55. The predicted octanol–water partition coefficient (Wildman–Crippen LogP) is 1.42. The molecule has 1 unspecified atom stereocenters. The summed E-state index contributed by atoms with van der Waals surface area (Å²) in [5.41, 5.74) is 6.81. The van der Waals surface area contributed by atoms with E-state index in [2.05, 4.69) is 9.55 Å². The van der Waals surface area contributed by atoms with Crippen molar-refractivity contribution in [1.29, 1.82) is 0 Å². The van der Waals surface area contributed by atoms with Crippen LogP contribution in [-0.4, -0.2) is 15.6 Å². The summed E-state index contributed by atoms with van der Waals surface area (Å²) in [5.74, 6) is 1.89. The first-order valence-corrected chi connectivity index (χ1v) is 5.18. The van der Waals surface area contributed by atoms with Gasteiger partial charge in [0.05, 0.1) is 6.26 Å². The fourth-order valence-electron chi connectivity index (χ4n) is 2.00. The van der Waals surface area contributed by atoms with Gasteiger partial charge in [-0.2, -0.15) is 0 Å². The van der Waals surface area contributed by atoms with Crippen molar-refractivity contribution in [2.45, 2.75) is 25.4 Å². The van der Waals surface area contributed by atoms with Crippen molar-refractivity contribution in [2.24, 2.45) is 5.73 Å². The lowest BCUT2D eigenvalue weighted by molar-refractivity contribution is 0.463. The molecule has 0 saturated carbocycles. The second-order valence-electron chi connectivity index (χ2n) is 3.97. The van der Waals surface area contributed by atoms with Crippen molar-refractivity contribution in [1.82, 2.24) is 9.55 Å².